The van der Waals surface area contributed by atoms with Crippen LogP contribution in [0.25, 0.3) is 0 Å². The third-order valence-electron chi connectivity index (χ3n) is 1.55. The highest BCUT2D eigenvalue weighted by Crippen LogP contribution is 2.06. The fraction of sp³-hybridized carbons (Fsp3) is 0.714. The van der Waals surface area contributed by atoms with Crippen LogP contribution in [-0.4, -0.2) is 48.0 Å². The van der Waals surface area contributed by atoms with Gasteiger partial charge in [-0.25, -0.2) is 8.42 Å². The van der Waals surface area contributed by atoms with E-state index in [4.69, 9.17) is 10.8 Å². The first-order valence-electron chi connectivity index (χ1n) is 4.16. The summed E-state index contributed by atoms with van der Waals surface area (Å²) in [7, 11) is -3.98. The van der Waals surface area contributed by atoms with Gasteiger partial charge in [-0.15, -0.1) is 0 Å². The van der Waals surface area contributed by atoms with E-state index in [0.29, 0.717) is 0 Å². The summed E-state index contributed by atoms with van der Waals surface area (Å²) in [5, 5.41) is 8.39. The van der Waals surface area contributed by atoms with Gasteiger partial charge in [0.05, 0.1) is 6.54 Å². The van der Waals surface area contributed by atoms with Gasteiger partial charge in [0.2, 0.25) is 15.9 Å². The minimum Gasteiger partial charge on any atom is -0.480 e. The second kappa shape index (κ2) is 5.08. The number of aliphatic carboxylic acids is 1. The third-order valence-corrected chi connectivity index (χ3v) is 3.43. The van der Waals surface area contributed by atoms with Crippen LogP contribution >= 0.6 is 0 Å². The number of primary amides is 1. The van der Waals surface area contributed by atoms with Gasteiger partial charge in [-0.05, 0) is 13.8 Å². The first-order valence-corrected chi connectivity index (χ1v) is 5.77. The molecule has 0 heterocycles. The molecule has 0 aromatic heterocycles. The summed E-state index contributed by atoms with van der Waals surface area (Å²) in [6.45, 7) is 2.55. The largest absolute Gasteiger partial charge is 0.480 e. The molecule has 0 spiro atoms. The zero-order chi connectivity index (χ0) is 12.2. The number of hydrogen-bond acceptors (Lipinski definition) is 4. The highest BCUT2D eigenvalue weighted by Gasteiger charge is 2.28. The van der Waals surface area contributed by atoms with Gasteiger partial charge in [-0.1, -0.05) is 0 Å². The maximum atomic E-state index is 11.5. The standard InChI is InChI=1S/C7H14N2O5S/c1-5(2)9(3-6(8)10)15(13,14)4-7(11)12/h5H,3-4H2,1-2H3,(H2,8,10)(H,11,12). The zero-order valence-electron chi connectivity index (χ0n) is 8.50. The second-order valence-corrected chi connectivity index (χ2v) is 5.18. The van der Waals surface area contributed by atoms with E-state index in [1.807, 2.05) is 0 Å². The number of sulfonamides is 1. The van der Waals surface area contributed by atoms with Crippen LogP contribution in [-0.2, 0) is 19.6 Å². The van der Waals surface area contributed by atoms with E-state index in [1.165, 1.54) is 13.8 Å². The number of hydrogen-bond donors (Lipinski definition) is 2. The highest BCUT2D eigenvalue weighted by molar-refractivity contribution is 7.89. The van der Waals surface area contributed by atoms with Crippen molar-refractivity contribution in [2.75, 3.05) is 12.3 Å². The lowest BCUT2D eigenvalue weighted by atomic mass is 10.4. The Morgan fingerprint density at radius 1 is 1.40 bits per heavy atom. The van der Waals surface area contributed by atoms with E-state index in [9.17, 15) is 18.0 Å². The van der Waals surface area contributed by atoms with Crippen LogP contribution in [0.3, 0.4) is 0 Å². The monoisotopic (exact) mass is 238 g/mol. The molecule has 7 nitrogen and oxygen atoms in total. The van der Waals surface area contributed by atoms with Crippen molar-refractivity contribution >= 4 is 21.9 Å². The summed E-state index contributed by atoms with van der Waals surface area (Å²) >= 11 is 0. The van der Waals surface area contributed by atoms with Crippen LogP contribution in [0.1, 0.15) is 13.8 Å². The van der Waals surface area contributed by atoms with E-state index in [2.05, 4.69) is 0 Å². The molecule has 0 unspecified atom stereocenters. The van der Waals surface area contributed by atoms with Crippen molar-refractivity contribution in [2.45, 2.75) is 19.9 Å². The van der Waals surface area contributed by atoms with Crippen molar-refractivity contribution in [3.8, 4) is 0 Å². The number of carboxylic acid groups (broad SMARTS) is 1. The normalized spacial score (nSPS) is 12.0. The summed E-state index contributed by atoms with van der Waals surface area (Å²) in [6.07, 6.45) is 0. The van der Waals surface area contributed by atoms with Gasteiger partial charge in [-0.2, -0.15) is 4.31 Å². The number of nitrogens with two attached hydrogens (primary N) is 1. The Balaban J connectivity index is 4.91. The Hall–Kier alpha value is -1.15. The molecule has 0 rings (SSSR count). The van der Waals surface area contributed by atoms with Crippen LogP contribution in [0.4, 0.5) is 0 Å². The Morgan fingerprint density at radius 3 is 2.13 bits per heavy atom. The maximum absolute atomic E-state index is 11.5. The van der Waals surface area contributed by atoms with Gasteiger partial charge < -0.3 is 10.8 Å². The molecule has 88 valence electrons. The van der Waals surface area contributed by atoms with E-state index in [1.54, 1.807) is 0 Å². The Morgan fingerprint density at radius 2 is 1.87 bits per heavy atom. The molecule has 0 saturated carbocycles. The maximum Gasteiger partial charge on any atom is 0.320 e. The van der Waals surface area contributed by atoms with Gasteiger partial charge in [0.25, 0.3) is 0 Å². The zero-order valence-corrected chi connectivity index (χ0v) is 9.32. The lowest BCUT2D eigenvalue weighted by molar-refractivity contribution is -0.134. The molecule has 0 bridgehead atoms. The molecule has 0 saturated heterocycles. The van der Waals surface area contributed by atoms with E-state index < -0.39 is 40.2 Å². The molecule has 0 radical (unpaired) electrons. The minimum absolute atomic E-state index is 0.507. The third kappa shape index (κ3) is 4.75. The number of rotatable bonds is 6. The quantitative estimate of drug-likeness (QED) is 0.589. The predicted octanol–water partition coefficient (Wildman–Crippen LogP) is -1.40. The predicted molar refractivity (Wildman–Crippen MR) is 52.5 cm³/mol. The molecular weight excluding hydrogens is 224 g/mol. The fourth-order valence-corrected chi connectivity index (χ4v) is 2.44. The SMILES string of the molecule is CC(C)N(CC(N)=O)S(=O)(=O)CC(=O)O. The summed E-state index contributed by atoms with van der Waals surface area (Å²) < 4.78 is 23.7. The van der Waals surface area contributed by atoms with Crippen molar-refractivity contribution in [1.29, 1.82) is 0 Å². The van der Waals surface area contributed by atoms with Crippen LogP contribution < -0.4 is 5.73 Å². The molecule has 15 heavy (non-hydrogen) atoms. The number of amides is 1. The van der Waals surface area contributed by atoms with Crippen molar-refractivity contribution in [3.05, 3.63) is 0 Å². The molecule has 3 N–H and O–H groups in total. The van der Waals surface area contributed by atoms with E-state index in [-0.39, 0.29) is 0 Å². The topological polar surface area (TPSA) is 118 Å². The number of nitrogens with zero attached hydrogens (tertiary/aromatic N) is 1. The highest BCUT2D eigenvalue weighted by atomic mass is 32.2. The first kappa shape index (κ1) is 13.8. The van der Waals surface area contributed by atoms with Crippen LogP contribution in [0, 0.1) is 0 Å². The van der Waals surface area contributed by atoms with Crippen molar-refractivity contribution in [1.82, 2.24) is 4.31 Å². The average Bonchev–Trinajstić information content (AvgIpc) is 1.96. The fourth-order valence-electron chi connectivity index (χ4n) is 0.995. The molecule has 8 heteroatoms. The summed E-state index contributed by atoms with van der Waals surface area (Å²) in [6, 6.07) is -0.512. The van der Waals surface area contributed by atoms with Crippen LogP contribution in [0.2, 0.25) is 0 Å². The summed E-state index contributed by atoms with van der Waals surface area (Å²) in [4.78, 5) is 20.9. The van der Waals surface area contributed by atoms with Gasteiger partial charge >= 0.3 is 5.97 Å². The number of carbonyl (C=O) groups is 2. The molecule has 0 fully saturated rings. The molecule has 1 amide bonds. The van der Waals surface area contributed by atoms with E-state index in [0.717, 1.165) is 4.31 Å². The molecule has 0 aromatic rings. The summed E-state index contributed by atoms with van der Waals surface area (Å²) in [5.41, 5.74) is 4.87. The van der Waals surface area contributed by atoms with Gasteiger partial charge in [0.1, 0.15) is 0 Å². The van der Waals surface area contributed by atoms with Gasteiger partial charge in [0, 0.05) is 6.04 Å². The first-order chi connectivity index (χ1) is 6.66. The van der Waals surface area contributed by atoms with E-state index >= 15 is 0 Å². The number of carbonyl (C=O) groups excluding carboxylic acids is 1. The van der Waals surface area contributed by atoms with Crippen molar-refractivity contribution in [2.24, 2.45) is 5.73 Å². The van der Waals surface area contributed by atoms with Crippen molar-refractivity contribution < 1.29 is 23.1 Å². The number of carboxylic acids is 1. The Labute approximate surface area is 87.9 Å². The lowest BCUT2D eigenvalue weighted by Gasteiger charge is -2.23. The molecule has 0 aliphatic carbocycles. The van der Waals surface area contributed by atoms with Crippen molar-refractivity contribution in [3.63, 3.8) is 0 Å². The summed E-state index contributed by atoms with van der Waals surface area (Å²) in [5.74, 6) is -3.33. The second-order valence-electron chi connectivity index (χ2n) is 3.26. The molecule has 0 aliphatic rings. The molecule has 0 atom stereocenters. The smallest absolute Gasteiger partial charge is 0.320 e. The lowest BCUT2D eigenvalue weighted by Crippen LogP contribution is -2.44. The van der Waals surface area contributed by atoms with Gasteiger partial charge in [-0.3, -0.25) is 9.59 Å². The average molecular weight is 238 g/mol. The minimum atomic E-state index is -3.98. The Kier molecular flexibility index (Phi) is 4.69. The molecule has 0 aliphatic heterocycles. The van der Waals surface area contributed by atoms with Gasteiger partial charge in [0.15, 0.2) is 5.75 Å². The van der Waals surface area contributed by atoms with Crippen LogP contribution in [0.15, 0.2) is 0 Å². The molecule has 0 aromatic carbocycles. The Bertz CT molecular complexity index is 348. The molecular formula is C7H14N2O5S. The van der Waals surface area contributed by atoms with Crippen LogP contribution in [0.5, 0.6) is 0 Å².